The van der Waals surface area contributed by atoms with Gasteiger partial charge in [-0.05, 0) is 52.0 Å². The lowest BCUT2D eigenvalue weighted by Crippen LogP contribution is -2.48. The molecule has 0 aliphatic carbocycles. The number of carbonyl (C=O) groups excluding carboxylic acids is 5. The van der Waals surface area contributed by atoms with E-state index in [4.69, 9.17) is 14.6 Å². The van der Waals surface area contributed by atoms with Gasteiger partial charge in [-0.15, -0.1) is 0 Å². The summed E-state index contributed by atoms with van der Waals surface area (Å²) in [5, 5.41) is 25.1. The number of esters is 2. The number of rotatable bonds is 21. The molecule has 0 radical (unpaired) electrons. The van der Waals surface area contributed by atoms with Gasteiger partial charge in [0.1, 0.15) is 24.3 Å². The summed E-state index contributed by atoms with van der Waals surface area (Å²) in [6.45, 7) is 4.66. The zero-order valence-corrected chi connectivity index (χ0v) is 26.1. The standard InChI is InChI=1S/C31H45N3O11/c1-31(2,3)45-30(43)23(15-17-25(36)33-22(29(41)42)16-18-27(38)39)34-26(37)19-32-24(35)13-9-4-5-10-14-28(40)44-20-21-11-7-6-8-12-21/h6-8,11-12,22-23H,4-5,9-10,13-20H2,1-3H3,(H,32,35)(H,33,36)(H,34,37)(H,38,39)(H,41,42)/t22-,23-/m0/s1. The molecule has 0 unspecified atom stereocenters. The first-order valence-corrected chi connectivity index (χ1v) is 14.9. The van der Waals surface area contributed by atoms with E-state index in [9.17, 15) is 38.7 Å². The van der Waals surface area contributed by atoms with Crippen molar-refractivity contribution >= 4 is 41.6 Å². The van der Waals surface area contributed by atoms with Crippen molar-refractivity contribution in [2.75, 3.05) is 6.54 Å². The number of nitrogens with one attached hydrogen (secondary N) is 3. The Labute approximate surface area is 262 Å². The molecule has 0 aliphatic heterocycles. The van der Waals surface area contributed by atoms with Crippen molar-refractivity contribution in [3.8, 4) is 0 Å². The fourth-order valence-electron chi connectivity index (χ4n) is 3.92. The van der Waals surface area contributed by atoms with Gasteiger partial charge in [0.05, 0.1) is 6.54 Å². The maximum Gasteiger partial charge on any atom is 0.329 e. The zero-order chi connectivity index (χ0) is 33.8. The topological polar surface area (TPSA) is 214 Å². The predicted molar refractivity (Wildman–Crippen MR) is 160 cm³/mol. The Morgan fingerprint density at radius 3 is 1.93 bits per heavy atom. The van der Waals surface area contributed by atoms with Crippen molar-refractivity contribution < 1.29 is 53.2 Å². The SMILES string of the molecule is CC(C)(C)OC(=O)[C@H](CCC(=O)N[C@@H](CCC(=O)O)C(=O)O)NC(=O)CNC(=O)CCCCCCC(=O)OCc1ccccc1. The second-order valence-corrected chi connectivity index (χ2v) is 11.4. The first kappa shape index (κ1) is 38.5. The molecule has 0 spiro atoms. The monoisotopic (exact) mass is 635 g/mol. The Morgan fingerprint density at radius 2 is 1.33 bits per heavy atom. The summed E-state index contributed by atoms with van der Waals surface area (Å²) >= 11 is 0. The maximum atomic E-state index is 12.7. The Morgan fingerprint density at radius 1 is 0.733 bits per heavy atom. The lowest BCUT2D eigenvalue weighted by Gasteiger charge is -2.24. The molecule has 0 fully saturated rings. The molecule has 5 N–H and O–H groups in total. The fraction of sp³-hybridized carbons (Fsp3) is 0.581. The minimum atomic E-state index is -1.43. The molecule has 1 aromatic carbocycles. The molecule has 250 valence electrons. The van der Waals surface area contributed by atoms with Crippen LogP contribution >= 0.6 is 0 Å². The fourth-order valence-corrected chi connectivity index (χ4v) is 3.92. The normalized spacial score (nSPS) is 12.2. The Kier molecular flexibility index (Phi) is 17.5. The second kappa shape index (κ2) is 20.5. The maximum absolute atomic E-state index is 12.7. The number of hydrogen-bond acceptors (Lipinski definition) is 9. The number of unbranched alkanes of at least 4 members (excludes halogenated alkanes) is 3. The van der Waals surface area contributed by atoms with Crippen LogP contribution in [0.2, 0.25) is 0 Å². The average molecular weight is 636 g/mol. The first-order chi connectivity index (χ1) is 21.2. The molecule has 0 aromatic heterocycles. The summed E-state index contributed by atoms with van der Waals surface area (Å²) in [4.78, 5) is 83.6. The van der Waals surface area contributed by atoms with E-state index in [1.54, 1.807) is 20.8 Å². The molecule has 45 heavy (non-hydrogen) atoms. The van der Waals surface area contributed by atoms with Crippen LogP contribution in [0.4, 0.5) is 0 Å². The number of hydrogen-bond donors (Lipinski definition) is 5. The van der Waals surface area contributed by atoms with Gasteiger partial charge in [0.25, 0.3) is 0 Å². The van der Waals surface area contributed by atoms with Crippen LogP contribution in [0.15, 0.2) is 30.3 Å². The number of benzene rings is 1. The average Bonchev–Trinajstić information content (AvgIpc) is 2.96. The van der Waals surface area contributed by atoms with Gasteiger partial charge >= 0.3 is 23.9 Å². The highest BCUT2D eigenvalue weighted by molar-refractivity contribution is 5.89. The van der Waals surface area contributed by atoms with Gasteiger partial charge in [0.2, 0.25) is 17.7 Å². The van der Waals surface area contributed by atoms with E-state index < -0.39 is 60.4 Å². The number of aliphatic carboxylic acids is 2. The van der Waals surface area contributed by atoms with Crippen molar-refractivity contribution in [3.63, 3.8) is 0 Å². The predicted octanol–water partition coefficient (Wildman–Crippen LogP) is 2.23. The molecule has 3 amide bonds. The largest absolute Gasteiger partial charge is 0.481 e. The van der Waals surface area contributed by atoms with Crippen molar-refractivity contribution in [2.45, 2.75) is 109 Å². The zero-order valence-electron chi connectivity index (χ0n) is 26.1. The highest BCUT2D eigenvalue weighted by Gasteiger charge is 2.28. The van der Waals surface area contributed by atoms with Crippen LogP contribution in [0.25, 0.3) is 0 Å². The molecule has 0 aliphatic rings. The van der Waals surface area contributed by atoms with Gasteiger partial charge < -0.3 is 35.6 Å². The molecule has 1 rings (SSSR count). The molecule has 1 aromatic rings. The molecule has 2 atom stereocenters. The van der Waals surface area contributed by atoms with Gasteiger partial charge in [-0.1, -0.05) is 43.2 Å². The summed E-state index contributed by atoms with van der Waals surface area (Å²) in [5.41, 5.74) is 0.0141. The minimum absolute atomic E-state index is 0.161. The highest BCUT2D eigenvalue weighted by Crippen LogP contribution is 2.12. The summed E-state index contributed by atoms with van der Waals surface area (Å²) in [6.07, 6.45) is 1.66. The molecule has 0 saturated carbocycles. The number of ether oxygens (including phenoxy) is 2. The molecule has 0 saturated heterocycles. The molecule has 0 heterocycles. The van der Waals surface area contributed by atoms with Crippen molar-refractivity contribution in [1.29, 1.82) is 0 Å². The van der Waals surface area contributed by atoms with Crippen LogP contribution in [-0.4, -0.2) is 76.0 Å². The third kappa shape index (κ3) is 19.4. The molecule has 14 heteroatoms. The number of carboxylic acid groups (broad SMARTS) is 2. The smallest absolute Gasteiger partial charge is 0.329 e. The van der Waals surface area contributed by atoms with Crippen molar-refractivity contribution in [3.05, 3.63) is 35.9 Å². The summed E-state index contributed by atoms with van der Waals surface area (Å²) in [7, 11) is 0. The van der Waals surface area contributed by atoms with Gasteiger partial charge in [-0.25, -0.2) is 9.59 Å². The van der Waals surface area contributed by atoms with E-state index in [0.717, 1.165) is 12.0 Å². The van der Waals surface area contributed by atoms with Gasteiger partial charge in [-0.2, -0.15) is 0 Å². The summed E-state index contributed by atoms with van der Waals surface area (Å²) < 4.78 is 10.5. The number of amides is 3. The lowest BCUT2D eigenvalue weighted by atomic mass is 10.1. The molecule has 14 nitrogen and oxygen atoms in total. The summed E-state index contributed by atoms with van der Waals surface area (Å²) in [5.74, 6) is -5.55. The van der Waals surface area contributed by atoms with Crippen molar-refractivity contribution in [2.24, 2.45) is 0 Å². The van der Waals surface area contributed by atoms with Crippen molar-refractivity contribution in [1.82, 2.24) is 16.0 Å². The molecular weight excluding hydrogens is 590 g/mol. The van der Waals surface area contributed by atoms with Gasteiger partial charge in [-0.3, -0.25) is 24.0 Å². The van der Waals surface area contributed by atoms with Crippen LogP contribution in [0.3, 0.4) is 0 Å². The Bertz CT molecular complexity index is 1150. The Hall–Kier alpha value is -4.49. The van der Waals surface area contributed by atoms with Gasteiger partial charge in [0.15, 0.2) is 0 Å². The molecule has 0 bridgehead atoms. The van der Waals surface area contributed by atoms with E-state index >= 15 is 0 Å². The minimum Gasteiger partial charge on any atom is -0.481 e. The van der Waals surface area contributed by atoms with Gasteiger partial charge in [0, 0.05) is 25.7 Å². The van der Waals surface area contributed by atoms with Crippen LogP contribution in [0, 0.1) is 0 Å². The first-order valence-electron chi connectivity index (χ1n) is 14.9. The van der Waals surface area contributed by atoms with Crippen LogP contribution < -0.4 is 16.0 Å². The molecular formula is C31H45N3O11. The number of carbonyl (C=O) groups is 7. The van der Waals surface area contributed by atoms with E-state index in [0.29, 0.717) is 19.3 Å². The van der Waals surface area contributed by atoms with E-state index in [2.05, 4.69) is 16.0 Å². The van der Waals surface area contributed by atoms with E-state index in [1.165, 1.54) is 0 Å². The number of carboxylic acids is 2. The van der Waals surface area contributed by atoms with Crippen LogP contribution in [0.1, 0.15) is 90.5 Å². The quantitative estimate of drug-likeness (QED) is 0.0975. The van der Waals surface area contributed by atoms with E-state index in [1.807, 2.05) is 30.3 Å². The second-order valence-electron chi connectivity index (χ2n) is 11.4. The van der Waals surface area contributed by atoms with Crippen LogP contribution in [0.5, 0.6) is 0 Å². The lowest BCUT2D eigenvalue weighted by molar-refractivity contribution is -0.159. The third-order valence-electron chi connectivity index (χ3n) is 6.19. The highest BCUT2D eigenvalue weighted by atomic mass is 16.6. The third-order valence-corrected chi connectivity index (χ3v) is 6.19. The summed E-state index contributed by atoms with van der Waals surface area (Å²) in [6, 6.07) is 6.67. The van der Waals surface area contributed by atoms with E-state index in [-0.39, 0.29) is 50.6 Å². The Balaban J connectivity index is 2.42. The van der Waals surface area contributed by atoms with Crippen LogP contribution in [-0.2, 0) is 49.6 Å².